The van der Waals surface area contributed by atoms with Gasteiger partial charge in [0.1, 0.15) is 0 Å². The summed E-state index contributed by atoms with van der Waals surface area (Å²) in [5.74, 6) is 4.49. The summed E-state index contributed by atoms with van der Waals surface area (Å²) >= 11 is 0. The molecule has 14 heavy (non-hydrogen) atoms. The number of rotatable bonds is 0. The fourth-order valence-electron chi connectivity index (χ4n) is 0.843. The van der Waals surface area contributed by atoms with Crippen LogP contribution in [0.1, 0.15) is 11.1 Å². The third-order valence-electron chi connectivity index (χ3n) is 1.47. The predicted octanol–water partition coefficient (Wildman–Crippen LogP) is 2.58. The highest BCUT2D eigenvalue weighted by Crippen LogP contribution is 2.28. The molecule has 0 bridgehead atoms. The predicted molar refractivity (Wildman–Crippen MR) is 43.9 cm³/mol. The molecule has 0 saturated carbocycles. The van der Waals surface area contributed by atoms with Crippen LogP contribution in [0.4, 0.5) is 13.2 Å². The highest BCUT2D eigenvalue weighted by Gasteiger charge is 2.29. The molecule has 0 N–H and O–H groups in total. The van der Waals surface area contributed by atoms with E-state index < -0.39 is 11.7 Å². The number of nitrogens with zero attached hydrogens (tertiary/aromatic N) is 1. The summed E-state index contributed by atoms with van der Waals surface area (Å²) in [6.07, 6.45) is -4.33. The standard InChI is InChI=1S/C10H4F3N/c11-10(12,13)9-5-3-8(4-6-9)2-1-7-14/h3-6H/i11-1. The molecule has 1 aromatic rings. The Morgan fingerprint density at radius 2 is 1.64 bits per heavy atom. The summed E-state index contributed by atoms with van der Waals surface area (Å²) in [5.41, 5.74) is -0.334. The van der Waals surface area contributed by atoms with Crippen molar-refractivity contribution in [2.45, 2.75) is 6.18 Å². The Morgan fingerprint density at radius 3 is 2.07 bits per heavy atom. The maximum Gasteiger partial charge on any atom is 0.416 e. The third kappa shape index (κ3) is 2.53. The maximum atomic E-state index is 12.1. The maximum absolute atomic E-state index is 12.1. The third-order valence-corrected chi connectivity index (χ3v) is 1.47. The highest BCUT2D eigenvalue weighted by atomic mass is 19.3. The number of nitriles is 1. The smallest absolute Gasteiger partial charge is 0.183 e. The summed E-state index contributed by atoms with van der Waals surface area (Å²) < 4.78 is 36.2. The quantitative estimate of drug-likeness (QED) is 0.582. The fourth-order valence-corrected chi connectivity index (χ4v) is 0.843. The van der Waals surface area contributed by atoms with Crippen LogP contribution < -0.4 is 0 Å². The molecule has 70 valence electrons. The van der Waals surface area contributed by atoms with Crippen molar-refractivity contribution in [1.82, 2.24) is 0 Å². The highest BCUT2D eigenvalue weighted by molar-refractivity contribution is 5.39. The van der Waals surface area contributed by atoms with Crippen molar-refractivity contribution < 1.29 is 13.2 Å². The Bertz CT molecular complexity index is 412. The Hall–Kier alpha value is -1.94. The fraction of sp³-hybridized carbons (Fsp3) is 0.100. The molecule has 1 nitrogen and oxygen atoms in total. The van der Waals surface area contributed by atoms with Crippen molar-refractivity contribution in [2.75, 3.05) is 0 Å². The molecular weight excluding hydrogens is 190 g/mol. The van der Waals surface area contributed by atoms with Crippen molar-refractivity contribution in [3.63, 3.8) is 0 Å². The van der Waals surface area contributed by atoms with Gasteiger partial charge in [0, 0.05) is 11.5 Å². The summed E-state index contributed by atoms with van der Waals surface area (Å²) in [6, 6.07) is 5.90. The monoisotopic (exact) mass is 194 g/mol. The Kier molecular flexibility index (Phi) is 2.79. The first kappa shape index (κ1) is 10.1. The Morgan fingerprint density at radius 1 is 1.07 bits per heavy atom. The first-order valence-electron chi connectivity index (χ1n) is 3.61. The average molecular weight is 194 g/mol. The van der Waals surface area contributed by atoms with Crippen LogP contribution in [0.3, 0.4) is 0 Å². The molecule has 0 amide bonds. The van der Waals surface area contributed by atoms with E-state index in [-0.39, 0.29) is 0 Å². The van der Waals surface area contributed by atoms with Gasteiger partial charge in [-0.2, -0.15) is 18.4 Å². The van der Waals surface area contributed by atoms with Crippen LogP contribution >= 0.6 is 0 Å². The van der Waals surface area contributed by atoms with Gasteiger partial charge in [-0.3, -0.25) is 0 Å². The molecule has 0 atom stereocenters. The van der Waals surface area contributed by atoms with E-state index in [1.54, 1.807) is 6.07 Å². The molecule has 0 saturated heterocycles. The number of benzene rings is 1. The van der Waals surface area contributed by atoms with E-state index in [2.05, 4.69) is 11.8 Å². The van der Waals surface area contributed by atoms with Gasteiger partial charge in [-0.15, -0.1) is 0 Å². The van der Waals surface area contributed by atoms with Gasteiger partial charge in [0.25, 0.3) is 0 Å². The van der Waals surface area contributed by atoms with E-state index in [9.17, 15) is 13.2 Å². The normalized spacial score (nSPS) is 9.86. The lowest BCUT2D eigenvalue weighted by Crippen LogP contribution is -2.03. The van der Waals surface area contributed by atoms with Crippen LogP contribution in [0.5, 0.6) is 0 Å². The molecule has 0 fully saturated rings. The van der Waals surface area contributed by atoms with Crippen LogP contribution in [0.25, 0.3) is 0 Å². The van der Waals surface area contributed by atoms with E-state index >= 15 is 0 Å². The average Bonchev–Trinajstić information content (AvgIpc) is 2.14. The molecule has 0 aliphatic rings. The minimum atomic E-state index is -4.33. The van der Waals surface area contributed by atoms with E-state index in [1.807, 2.05) is 0 Å². The summed E-state index contributed by atoms with van der Waals surface area (Å²) in [7, 11) is 0. The first-order chi connectivity index (χ1) is 6.54. The number of halogens is 3. The van der Waals surface area contributed by atoms with Crippen LogP contribution in [-0.2, 0) is 6.18 Å². The Balaban J connectivity index is 2.96. The summed E-state index contributed by atoms with van der Waals surface area (Å²) in [5, 5.41) is 8.11. The lowest BCUT2D eigenvalue weighted by molar-refractivity contribution is -0.137. The first-order valence-corrected chi connectivity index (χ1v) is 3.61. The van der Waals surface area contributed by atoms with Crippen molar-refractivity contribution >= 4 is 0 Å². The van der Waals surface area contributed by atoms with E-state index in [0.717, 1.165) is 12.1 Å². The van der Waals surface area contributed by atoms with Gasteiger partial charge in [-0.1, -0.05) is 5.92 Å². The van der Waals surface area contributed by atoms with Gasteiger partial charge in [0.05, 0.1) is 5.56 Å². The van der Waals surface area contributed by atoms with E-state index in [0.29, 0.717) is 5.56 Å². The zero-order valence-corrected chi connectivity index (χ0v) is 6.89. The molecular formula is C10H4F3N. The number of hydrogen-bond acceptors (Lipinski definition) is 1. The second-order valence-corrected chi connectivity index (χ2v) is 2.44. The molecule has 0 radical (unpaired) electrons. The zero-order valence-electron chi connectivity index (χ0n) is 6.89. The molecule has 1 aromatic carbocycles. The Labute approximate surface area is 78.8 Å². The summed E-state index contributed by atoms with van der Waals surface area (Å²) in [6.45, 7) is 0. The van der Waals surface area contributed by atoms with Gasteiger partial charge in [0.2, 0.25) is 0 Å². The summed E-state index contributed by atoms with van der Waals surface area (Å²) in [4.78, 5) is 0. The van der Waals surface area contributed by atoms with Crippen LogP contribution in [0, 0.1) is 23.2 Å². The largest absolute Gasteiger partial charge is 0.416 e. The van der Waals surface area contributed by atoms with E-state index in [1.165, 1.54) is 12.1 Å². The van der Waals surface area contributed by atoms with Crippen molar-refractivity contribution in [2.24, 2.45) is 0 Å². The van der Waals surface area contributed by atoms with Crippen molar-refractivity contribution in [3.8, 4) is 17.9 Å². The molecule has 0 unspecified atom stereocenters. The SMILES string of the molecule is N#CC#Cc1ccc(C(F)(F)[18F])cc1. The van der Waals surface area contributed by atoms with Gasteiger partial charge < -0.3 is 0 Å². The van der Waals surface area contributed by atoms with Gasteiger partial charge in [-0.25, -0.2) is 0 Å². The second kappa shape index (κ2) is 3.85. The number of hydrogen-bond donors (Lipinski definition) is 0. The van der Waals surface area contributed by atoms with Gasteiger partial charge in [0.15, 0.2) is 6.07 Å². The topological polar surface area (TPSA) is 23.8 Å². The van der Waals surface area contributed by atoms with Crippen molar-refractivity contribution in [3.05, 3.63) is 35.4 Å². The van der Waals surface area contributed by atoms with Crippen LogP contribution in [-0.4, -0.2) is 0 Å². The molecule has 0 heterocycles. The van der Waals surface area contributed by atoms with Crippen molar-refractivity contribution in [1.29, 1.82) is 5.26 Å². The molecule has 1 rings (SSSR count). The molecule has 0 spiro atoms. The molecule has 0 aliphatic heterocycles. The molecule has 0 aliphatic carbocycles. The van der Waals surface area contributed by atoms with Crippen LogP contribution in [0.2, 0.25) is 0 Å². The lowest BCUT2D eigenvalue weighted by atomic mass is 10.1. The lowest BCUT2D eigenvalue weighted by Gasteiger charge is -2.05. The van der Waals surface area contributed by atoms with Gasteiger partial charge >= 0.3 is 6.18 Å². The molecule has 0 aromatic heterocycles. The minimum absolute atomic E-state index is 0.388. The molecule has 4 heteroatoms. The zero-order chi connectivity index (χ0) is 10.6. The minimum Gasteiger partial charge on any atom is -0.183 e. The number of alkyl halides is 3. The van der Waals surface area contributed by atoms with Crippen LogP contribution in [0.15, 0.2) is 24.3 Å². The van der Waals surface area contributed by atoms with Gasteiger partial charge in [-0.05, 0) is 24.3 Å². The second-order valence-electron chi connectivity index (χ2n) is 2.44. The van der Waals surface area contributed by atoms with E-state index in [4.69, 9.17) is 5.26 Å².